The number of aromatic hydroxyl groups is 1. The highest BCUT2D eigenvalue weighted by atomic mass is 16.5. The maximum atomic E-state index is 14.8. The van der Waals surface area contributed by atoms with Crippen LogP contribution in [-0.2, 0) is 29.3 Å². The number of likely N-dealkylation sites (tertiary alicyclic amines) is 1. The molecule has 5 aliphatic heterocycles. The van der Waals surface area contributed by atoms with Crippen molar-refractivity contribution in [1.29, 1.82) is 0 Å². The number of phenolic OH excluding ortho intramolecular Hbond substituents is 1. The topological polar surface area (TPSA) is 218 Å². The van der Waals surface area contributed by atoms with Crippen molar-refractivity contribution in [2.24, 2.45) is 0 Å². The Kier molecular flexibility index (Phi) is 10.6. The number of carbonyl (C=O) groups is 6. The molecule has 1 spiro atoms. The number of morpholine rings is 1. The summed E-state index contributed by atoms with van der Waals surface area (Å²) in [5.74, 6) is -2.07. The molecule has 6 heterocycles. The molecule has 1 aromatic heterocycles. The second-order valence-corrected chi connectivity index (χ2v) is 16.5. The number of anilines is 2. The molecule has 0 saturated carbocycles. The van der Waals surface area contributed by atoms with Gasteiger partial charge in [0.2, 0.25) is 17.7 Å². The van der Waals surface area contributed by atoms with Crippen LogP contribution in [0.2, 0.25) is 0 Å². The van der Waals surface area contributed by atoms with Gasteiger partial charge in [-0.15, -0.1) is 10.2 Å². The van der Waals surface area contributed by atoms with Crippen molar-refractivity contribution in [3.63, 3.8) is 0 Å². The third-order valence-corrected chi connectivity index (χ3v) is 13.0. The van der Waals surface area contributed by atoms with Gasteiger partial charge in [-0.25, -0.2) is 0 Å². The number of amides is 6. The maximum absolute atomic E-state index is 14.8. The van der Waals surface area contributed by atoms with Crippen molar-refractivity contribution in [2.75, 3.05) is 63.1 Å². The molecule has 0 aliphatic carbocycles. The first-order valence-corrected chi connectivity index (χ1v) is 20.9. The SMILES string of the molecule is Nc1nnc(-c2ccccc2O)cc1N1CCC(C(=O)N2CCC3(CC2)CN(C(=O)COc2ccc4c(c2)C(=O)N(C2CCC(=O)NC2=O)C4=O)CCO3)(c2ccccc2)CC1. The Morgan fingerprint density at radius 3 is 2.29 bits per heavy atom. The van der Waals surface area contributed by atoms with Gasteiger partial charge in [0, 0.05) is 51.3 Å². The van der Waals surface area contributed by atoms with Crippen molar-refractivity contribution in [3.8, 4) is 22.8 Å². The Balaban J connectivity index is 0.827. The summed E-state index contributed by atoms with van der Waals surface area (Å²) in [6.45, 7) is 2.70. The summed E-state index contributed by atoms with van der Waals surface area (Å²) in [6, 6.07) is 21.9. The first-order chi connectivity index (χ1) is 29.9. The second-order valence-electron chi connectivity index (χ2n) is 16.5. The molecule has 5 aliphatic rings. The lowest BCUT2D eigenvalue weighted by atomic mass is 9.71. The minimum atomic E-state index is -1.09. The molecule has 0 bridgehead atoms. The fourth-order valence-corrected chi connectivity index (χ4v) is 9.54. The molecule has 6 amide bonds. The molecular weight excluding hydrogens is 797 g/mol. The van der Waals surface area contributed by atoms with E-state index in [4.69, 9.17) is 15.2 Å². The van der Waals surface area contributed by atoms with Crippen LogP contribution in [0.3, 0.4) is 0 Å². The van der Waals surface area contributed by atoms with E-state index >= 15 is 0 Å². The number of fused-ring (bicyclic) bond motifs is 1. The molecule has 4 saturated heterocycles. The van der Waals surface area contributed by atoms with Crippen LogP contribution >= 0.6 is 0 Å². The van der Waals surface area contributed by atoms with Crippen LogP contribution < -0.4 is 20.7 Å². The maximum Gasteiger partial charge on any atom is 0.262 e. The van der Waals surface area contributed by atoms with Gasteiger partial charge in [-0.1, -0.05) is 42.5 Å². The number of benzene rings is 3. The van der Waals surface area contributed by atoms with Gasteiger partial charge in [-0.3, -0.25) is 39.0 Å². The number of nitrogen functional groups attached to an aromatic ring is 1. The number of nitrogens with two attached hydrogens (primary N) is 1. The fourth-order valence-electron chi connectivity index (χ4n) is 9.54. The number of nitrogens with one attached hydrogen (secondary N) is 1. The lowest BCUT2D eigenvalue weighted by Gasteiger charge is -2.49. The fraction of sp³-hybridized carbons (Fsp3) is 0.378. The molecule has 3 aromatic carbocycles. The van der Waals surface area contributed by atoms with E-state index < -0.39 is 40.7 Å². The Morgan fingerprint density at radius 2 is 1.55 bits per heavy atom. The lowest BCUT2D eigenvalue weighted by molar-refractivity contribution is -0.166. The van der Waals surface area contributed by atoms with Gasteiger partial charge in [-0.05, 0) is 74.1 Å². The number of hydrogen-bond acceptors (Lipinski definition) is 13. The third kappa shape index (κ3) is 7.35. The molecular formula is C45H46N8O9. The molecule has 1 unspecified atom stereocenters. The van der Waals surface area contributed by atoms with Crippen molar-refractivity contribution in [1.82, 2.24) is 30.2 Å². The van der Waals surface area contributed by atoms with Gasteiger partial charge in [0.05, 0.1) is 40.1 Å². The van der Waals surface area contributed by atoms with Gasteiger partial charge in [0.15, 0.2) is 12.4 Å². The van der Waals surface area contributed by atoms with Gasteiger partial charge in [0.25, 0.3) is 17.7 Å². The number of aromatic nitrogens is 2. The predicted octanol–water partition coefficient (Wildman–Crippen LogP) is 2.67. The highest BCUT2D eigenvalue weighted by molar-refractivity contribution is 6.23. The van der Waals surface area contributed by atoms with Gasteiger partial charge in [-0.2, -0.15) is 0 Å². The molecule has 320 valence electrons. The second kappa shape index (κ2) is 16.2. The van der Waals surface area contributed by atoms with E-state index in [0.29, 0.717) is 88.5 Å². The Hall–Kier alpha value is -6.88. The number of phenols is 1. The highest BCUT2D eigenvalue weighted by Crippen LogP contribution is 2.42. The summed E-state index contributed by atoms with van der Waals surface area (Å²) in [7, 11) is 0. The van der Waals surface area contributed by atoms with Crippen LogP contribution in [-0.4, -0.2) is 130 Å². The zero-order chi connectivity index (χ0) is 43.2. The number of piperidine rings is 3. The first kappa shape index (κ1) is 40.5. The van der Waals surface area contributed by atoms with Crippen molar-refractivity contribution >= 4 is 46.9 Å². The van der Waals surface area contributed by atoms with E-state index in [2.05, 4.69) is 20.4 Å². The summed E-state index contributed by atoms with van der Waals surface area (Å²) >= 11 is 0. The predicted molar refractivity (Wildman–Crippen MR) is 223 cm³/mol. The highest BCUT2D eigenvalue weighted by Gasteiger charge is 2.49. The van der Waals surface area contributed by atoms with E-state index in [9.17, 15) is 33.9 Å². The van der Waals surface area contributed by atoms with Crippen LogP contribution in [0, 0.1) is 0 Å². The van der Waals surface area contributed by atoms with E-state index in [0.717, 1.165) is 10.5 Å². The number of ether oxygens (including phenoxy) is 2. The van der Waals surface area contributed by atoms with Crippen molar-refractivity contribution in [2.45, 2.75) is 55.6 Å². The first-order valence-electron chi connectivity index (χ1n) is 20.9. The largest absolute Gasteiger partial charge is 0.507 e. The average molecular weight is 843 g/mol. The molecule has 4 N–H and O–H groups in total. The minimum absolute atomic E-state index is 0.0160. The summed E-state index contributed by atoms with van der Waals surface area (Å²) < 4.78 is 12.2. The Labute approximate surface area is 356 Å². The van der Waals surface area contributed by atoms with Crippen LogP contribution in [0.15, 0.2) is 78.9 Å². The Bertz CT molecular complexity index is 2460. The number of carbonyl (C=O) groups excluding carboxylic acids is 6. The number of para-hydroxylation sites is 1. The molecule has 9 rings (SSSR count). The molecule has 0 radical (unpaired) electrons. The summed E-state index contributed by atoms with van der Waals surface area (Å²) in [4.78, 5) is 85.4. The summed E-state index contributed by atoms with van der Waals surface area (Å²) in [5, 5.41) is 21.1. The quantitative estimate of drug-likeness (QED) is 0.218. The van der Waals surface area contributed by atoms with Crippen molar-refractivity contribution in [3.05, 3.63) is 95.6 Å². The summed E-state index contributed by atoms with van der Waals surface area (Å²) in [5.41, 5.74) is 7.83. The molecule has 62 heavy (non-hydrogen) atoms. The number of imide groups is 2. The molecule has 17 nitrogen and oxygen atoms in total. The molecule has 1 atom stereocenters. The standard InChI is InChI=1S/C45H46N8O9/c46-39-35(25-33(48-49-39)31-8-4-5-9-36(31)54)50-20-16-45(17-21-50,28-6-2-1-3-7-28)43(60)51-18-14-44(15-19-51)27-52(22-23-62-44)38(56)26-61-29-10-11-30-32(24-29)42(59)53(41(30)58)34-12-13-37(55)47-40(34)57/h1-11,24-25,34,54H,12-23,26-27H2,(H2,46,49)(H,47,55,57). The monoisotopic (exact) mass is 842 g/mol. The van der Waals surface area contributed by atoms with Gasteiger partial charge in [0.1, 0.15) is 17.5 Å². The zero-order valence-electron chi connectivity index (χ0n) is 34.0. The van der Waals surface area contributed by atoms with Crippen LogP contribution in [0.1, 0.15) is 64.8 Å². The van der Waals surface area contributed by atoms with E-state index in [-0.39, 0.29) is 59.7 Å². The van der Waals surface area contributed by atoms with Gasteiger partial charge >= 0.3 is 0 Å². The molecule has 17 heteroatoms. The van der Waals surface area contributed by atoms with Crippen LogP contribution in [0.5, 0.6) is 11.5 Å². The zero-order valence-corrected chi connectivity index (χ0v) is 34.0. The average Bonchev–Trinajstić information content (AvgIpc) is 3.54. The smallest absolute Gasteiger partial charge is 0.262 e. The van der Waals surface area contributed by atoms with Crippen LogP contribution in [0.4, 0.5) is 11.5 Å². The Morgan fingerprint density at radius 1 is 0.823 bits per heavy atom. The van der Waals surface area contributed by atoms with E-state index in [1.165, 1.54) is 18.2 Å². The third-order valence-electron chi connectivity index (χ3n) is 13.0. The number of hydrogen-bond donors (Lipinski definition) is 3. The normalized spacial score (nSPS) is 20.9. The van der Waals surface area contributed by atoms with Gasteiger partial charge < -0.3 is 35.0 Å². The van der Waals surface area contributed by atoms with E-state index in [1.807, 2.05) is 47.4 Å². The number of rotatable bonds is 8. The minimum Gasteiger partial charge on any atom is -0.507 e. The summed E-state index contributed by atoms with van der Waals surface area (Å²) in [6.07, 6.45) is 2.22. The van der Waals surface area contributed by atoms with Crippen molar-refractivity contribution < 1.29 is 43.3 Å². The number of nitrogens with zero attached hydrogens (tertiary/aromatic N) is 6. The van der Waals surface area contributed by atoms with E-state index in [1.54, 1.807) is 23.1 Å². The molecule has 4 aromatic rings. The van der Waals surface area contributed by atoms with Crippen LogP contribution in [0.25, 0.3) is 11.3 Å². The molecule has 4 fully saturated rings. The lowest BCUT2D eigenvalue weighted by Crippen LogP contribution is -2.61.